The number of methoxy groups -OCH3 is 1. The summed E-state index contributed by atoms with van der Waals surface area (Å²) < 4.78 is 5.46. The Bertz CT molecular complexity index is 891. The zero-order chi connectivity index (χ0) is 19.1. The van der Waals surface area contributed by atoms with Gasteiger partial charge < -0.3 is 4.74 Å². The lowest BCUT2D eigenvalue weighted by Gasteiger charge is -2.49. The number of rotatable bonds is 3. The molecule has 0 spiro atoms. The van der Waals surface area contributed by atoms with Crippen molar-refractivity contribution in [3.63, 3.8) is 0 Å². The second-order valence-electron chi connectivity index (χ2n) is 9.06. The molecule has 1 aromatic carbocycles. The normalized spacial score (nSPS) is 32.5. The average molecular weight is 375 g/mol. The van der Waals surface area contributed by atoms with E-state index in [0.29, 0.717) is 5.41 Å². The summed E-state index contributed by atoms with van der Waals surface area (Å²) >= 11 is 0. The highest BCUT2D eigenvalue weighted by molar-refractivity contribution is 5.92. The van der Waals surface area contributed by atoms with E-state index in [1.165, 1.54) is 49.8 Å². The van der Waals surface area contributed by atoms with Gasteiger partial charge in [-0.2, -0.15) is 0 Å². The Morgan fingerprint density at radius 2 is 2.07 bits per heavy atom. The third-order valence-electron chi connectivity index (χ3n) is 7.83. The van der Waals surface area contributed by atoms with Crippen molar-refractivity contribution in [3.05, 3.63) is 59.4 Å². The first-order valence-corrected chi connectivity index (χ1v) is 10.8. The van der Waals surface area contributed by atoms with Crippen LogP contribution in [0.1, 0.15) is 61.8 Å². The number of hydrogen-bond donors (Lipinski definition) is 0. The Kier molecular flexibility index (Phi) is 4.49. The average Bonchev–Trinajstić information content (AvgIpc) is 3.08. The molecule has 0 bridgehead atoms. The van der Waals surface area contributed by atoms with Crippen LogP contribution in [0, 0.1) is 17.3 Å². The van der Waals surface area contributed by atoms with Gasteiger partial charge >= 0.3 is 0 Å². The second kappa shape index (κ2) is 7.02. The largest absolute Gasteiger partial charge is 0.497 e. The van der Waals surface area contributed by atoms with E-state index in [9.17, 15) is 0 Å². The minimum atomic E-state index is 0.292. The van der Waals surface area contributed by atoms with E-state index in [0.717, 1.165) is 35.7 Å². The molecule has 1 heterocycles. The van der Waals surface area contributed by atoms with Gasteiger partial charge in [-0.25, -0.2) is 0 Å². The van der Waals surface area contributed by atoms with Gasteiger partial charge in [0.2, 0.25) is 0 Å². The molecule has 0 amide bonds. The molecule has 0 N–H and O–H groups in total. The fraction of sp³-hybridized carbons (Fsp3) is 0.520. The maximum atomic E-state index is 5.46. The highest BCUT2D eigenvalue weighted by Crippen LogP contribution is 2.60. The number of fused-ring (bicyclic) bond motifs is 5. The van der Waals surface area contributed by atoms with E-state index >= 15 is 0 Å². The van der Waals surface area contributed by atoms with E-state index in [2.05, 4.69) is 42.2 Å². The van der Waals surface area contributed by atoms with Gasteiger partial charge in [0, 0.05) is 17.3 Å². The van der Waals surface area contributed by atoms with Gasteiger partial charge in [0.25, 0.3) is 0 Å². The SMILES string of the molecule is COc1ccc2c(c1)CCC1C2CCC2(C)C(=NCc3ccccn3)CCC12. The summed E-state index contributed by atoms with van der Waals surface area (Å²) in [5.41, 5.74) is 5.95. The first-order valence-electron chi connectivity index (χ1n) is 10.8. The summed E-state index contributed by atoms with van der Waals surface area (Å²) in [6, 6.07) is 12.9. The third kappa shape index (κ3) is 2.87. The first-order chi connectivity index (χ1) is 13.7. The lowest BCUT2D eigenvalue weighted by molar-refractivity contribution is 0.0955. The molecule has 5 rings (SSSR count). The fourth-order valence-corrected chi connectivity index (χ4v) is 6.40. The number of aliphatic imine (C=N–C) groups is 1. The Morgan fingerprint density at radius 1 is 1.14 bits per heavy atom. The van der Waals surface area contributed by atoms with Gasteiger partial charge in [-0.3, -0.25) is 9.98 Å². The van der Waals surface area contributed by atoms with Crippen LogP contribution in [0.2, 0.25) is 0 Å². The van der Waals surface area contributed by atoms with E-state index in [4.69, 9.17) is 9.73 Å². The van der Waals surface area contributed by atoms with Crippen LogP contribution in [0.4, 0.5) is 0 Å². The summed E-state index contributed by atoms with van der Waals surface area (Å²) in [5, 5.41) is 0. The van der Waals surface area contributed by atoms with Crippen molar-refractivity contribution >= 4 is 5.71 Å². The maximum absolute atomic E-state index is 5.46. The van der Waals surface area contributed by atoms with E-state index in [1.54, 1.807) is 12.7 Å². The van der Waals surface area contributed by atoms with Crippen molar-refractivity contribution in [3.8, 4) is 5.75 Å². The third-order valence-corrected chi connectivity index (χ3v) is 7.83. The monoisotopic (exact) mass is 374 g/mol. The number of aromatic nitrogens is 1. The number of pyridine rings is 1. The summed E-state index contributed by atoms with van der Waals surface area (Å²) in [7, 11) is 1.77. The standard InChI is InChI=1S/C25H30N2O/c1-25-13-12-21-20-9-7-19(28-2)15-17(20)6-8-22(21)23(25)10-11-24(25)27-16-18-5-3-4-14-26-18/h3-5,7,9,14-15,21-23H,6,8,10-13,16H2,1-2H3. The lowest BCUT2D eigenvalue weighted by atomic mass is 9.55. The van der Waals surface area contributed by atoms with Crippen molar-refractivity contribution in [2.75, 3.05) is 7.11 Å². The van der Waals surface area contributed by atoms with Gasteiger partial charge in [-0.1, -0.05) is 19.1 Å². The number of benzene rings is 1. The van der Waals surface area contributed by atoms with E-state index < -0.39 is 0 Å². The molecule has 1 aromatic heterocycles. The number of aryl methyl sites for hydroxylation is 1. The quantitative estimate of drug-likeness (QED) is 0.702. The Labute approximate surface area is 168 Å². The number of hydrogen-bond acceptors (Lipinski definition) is 3. The van der Waals surface area contributed by atoms with Crippen LogP contribution in [-0.2, 0) is 13.0 Å². The Morgan fingerprint density at radius 3 is 2.89 bits per heavy atom. The van der Waals surface area contributed by atoms with E-state index in [-0.39, 0.29) is 0 Å². The molecule has 2 fully saturated rings. The minimum absolute atomic E-state index is 0.292. The summed E-state index contributed by atoms with van der Waals surface area (Å²) in [6.07, 6.45) is 9.43. The number of nitrogens with zero attached hydrogens (tertiary/aromatic N) is 2. The molecule has 0 aliphatic heterocycles. The number of ether oxygens (including phenoxy) is 1. The highest BCUT2D eigenvalue weighted by Gasteiger charge is 2.53. The van der Waals surface area contributed by atoms with Crippen molar-refractivity contribution in [1.29, 1.82) is 0 Å². The lowest BCUT2D eigenvalue weighted by Crippen LogP contribution is -2.42. The van der Waals surface area contributed by atoms with Gasteiger partial charge in [0.15, 0.2) is 0 Å². The molecule has 2 saturated carbocycles. The van der Waals surface area contributed by atoms with E-state index in [1.807, 2.05) is 12.3 Å². The van der Waals surface area contributed by atoms with Gasteiger partial charge in [-0.05, 0) is 91.7 Å². The van der Waals surface area contributed by atoms with Crippen LogP contribution >= 0.6 is 0 Å². The molecule has 3 aliphatic carbocycles. The highest BCUT2D eigenvalue weighted by atomic mass is 16.5. The Hall–Kier alpha value is -2.16. The molecule has 4 unspecified atom stereocenters. The zero-order valence-electron chi connectivity index (χ0n) is 17.0. The molecule has 4 atom stereocenters. The predicted molar refractivity (Wildman–Crippen MR) is 113 cm³/mol. The molecule has 3 aliphatic rings. The molecule has 3 heteroatoms. The predicted octanol–water partition coefficient (Wildman–Crippen LogP) is 5.59. The van der Waals surface area contributed by atoms with Gasteiger partial charge in [-0.15, -0.1) is 0 Å². The molecule has 0 radical (unpaired) electrons. The maximum Gasteiger partial charge on any atom is 0.119 e. The van der Waals surface area contributed by atoms with Crippen LogP contribution in [0.5, 0.6) is 5.75 Å². The molecule has 28 heavy (non-hydrogen) atoms. The van der Waals surface area contributed by atoms with Crippen LogP contribution in [0.25, 0.3) is 0 Å². The summed E-state index contributed by atoms with van der Waals surface area (Å²) in [6.45, 7) is 3.23. The van der Waals surface area contributed by atoms with Crippen LogP contribution in [0.3, 0.4) is 0 Å². The van der Waals surface area contributed by atoms with Crippen LogP contribution in [0.15, 0.2) is 47.6 Å². The molecule has 3 nitrogen and oxygen atoms in total. The van der Waals surface area contributed by atoms with Crippen molar-refractivity contribution in [1.82, 2.24) is 4.98 Å². The van der Waals surface area contributed by atoms with Gasteiger partial charge in [0.1, 0.15) is 5.75 Å². The van der Waals surface area contributed by atoms with Crippen LogP contribution < -0.4 is 4.74 Å². The second-order valence-corrected chi connectivity index (χ2v) is 9.06. The molecular weight excluding hydrogens is 344 g/mol. The summed E-state index contributed by atoms with van der Waals surface area (Å²) in [5.74, 6) is 3.32. The summed E-state index contributed by atoms with van der Waals surface area (Å²) in [4.78, 5) is 9.55. The van der Waals surface area contributed by atoms with Gasteiger partial charge in [0.05, 0.1) is 19.3 Å². The topological polar surface area (TPSA) is 34.5 Å². The smallest absolute Gasteiger partial charge is 0.119 e. The first kappa shape index (κ1) is 17.9. The molecule has 2 aromatic rings. The molecule has 146 valence electrons. The van der Waals surface area contributed by atoms with Crippen molar-refractivity contribution < 1.29 is 4.74 Å². The molecule has 0 saturated heterocycles. The molecular formula is C25H30N2O. The van der Waals surface area contributed by atoms with Crippen LogP contribution in [-0.4, -0.2) is 17.8 Å². The zero-order valence-corrected chi connectivity index (χ0v) is 17.0. The van der Waals surface area contributed by atoms with Crippen molar-refractivity contribution in [2.24, 2.45) is 22.2 Å². The van der Waals surface area contributed by atoms with Crippen molar-refractivity contribution in [2.45, 2.75) is 57.9 Å². The fourth-order valence-electron chi connectivity index (χ4n) is 6.40. The Balaban J connectivity index is 1.39. The minimum Gasteiger partial charge on any atom is -0.497 e.